The lowest BCUT2D eigenvalue weighted by Crippen LogP contribution is -2.18. The van der Waals surface area contributed by atoms with E-state index in [9.17, 15) is 27.5 Å². The van der Waals surface area contributed by atoms with Crippen LogP contribution in [-0.4, -0.2) is 60.6 Å². The minimum Gasteiger partial charge on any atom is -0.406 e. The van der Waals surface area contributed by atoms with Crippen LogP contribution in [0.2, 0.25) is 0 Å². The van der Waals surface area contributed by atoms with Gasteiger partial charge in [-0.1, -0.05) is 22.6 Å². The molecule has 0 saturated carbocycles. The zero-order valence-corrected chi connectivity index (χ0v) is 17.9. The molecule has 0 radical (unpaired) electrons. The van der Waals surface area contributed by atoms with Crippen LogP contribution in [0.25, 0.3) is 0 Å². The molecule has 0 fully saturated rings. The number of aromatic nitrogens is 6. The van der Waals surface area contributed by atoms with Gasteiger partial charge in [0.25, 0.3) is 0 Å². The van der Waals surface area contributed by atoms with Crippen molar-refractivity contribution in [3.05, 3.63) is 47.9 Å². The van der Waals surface area contributed by atoms with Crippen LogP contribution in [0, 0.1) is 0 Å². The molecular formula is C19H22F4N8O3. The van der Waals surface area contributed by atoms with Crippen LogP contribution in [0.4, 0.5) is 23.4 Å². The number of hydrogen-bond acceptors (Lipinski definition) is 8. The van der Waals surface area contributed by atoms with Crippen molar-refractivity contribution in [3.8, 4) is 5.75 Å². The van der Waals surface area contributed by atoms with Crippen molar-refractivity contribution in [1.29, 1.82) is 0 Å². The molecule has 2 aromatic heterocycles. The standard InChI is InChI=1S/C19H22F4N8O3/c1-24-18(33)15-10-30(28-26-15)6-5-13(20)9-31-11-16(27-29-31)25-17(32)8-12-3-2-4-14(7-12)34-19(21,22)23/h2-4,7,10-11,13,18,24,33H,5-6,8-9H2,1H3,(H,25,32). The summed E-state index contributed by atoms with van der Waals surface area (Å²) >= 11 is 0. The minimum absolute atomic E-state index is 0.0712. The number of aryl methyl sites for hydroxylation is 1. The predicted molar refractivity (Wildman–Crippen MR) is 109 cm³/mol. The molecule has 0 aliphatic heterocycles. The summed E-state index contributed by atoms with van der Waals surface area (Å²) in [6, 6.07) is 5.05. The Morgan fingerprint density at radius 1 is 1.21 bits per heavy atom. The lowest BCUT2D eigenvalue weighted by atomic mass is 10.1. The van der Waals surface area contributed by atoms with Gasteiger partial charge in [0.05, 0.1) is 25.4 Å². The van der Waals surface area contributed by atoms with Gasteiger partial charge in [0, 0.05) is 13.0 Å². The molecule has 11 nitrogen and oxygen atoms in total. The molecule has 0 spiro atoms. The average Bonchev–Trinajstić information content (AvgIpc) is 3.40. The van der Waals surface area contributed by atoms with E-state index in [0.717, 1.165) is 12.1 Å². The fourth-order valence-electron chi connectivity index (χ4n) is 2.93. The van der Waals surface area contributed by atoms with Crippen LogP contribution < -0.4 is 15.4 Å². The molecule has 0 aliphatic rings. The number of alkyl halides is 4. The zero-order chi connectivity index (χ0) is 24.7. The van der Waals surface area contributed by atoms with E-state index < -0.39 is 30.4 Å². The third-order valence-corrected chi connectivity index (χ3v) is 4.47. The summed E-state index contributed by atoms with van der Waals surface area (Å²) in [6.45, 7) is 0.0976. The monoisotopic (exact) mass is 486 g/mol. The van der Waals surface area contributed by atoms with Crippen molar-refractivity contribution in [2.24, 2.45) is 0 Å². The highest BCUT2D eigenvalue weighted by molar-refractivity contribution is 5.91. The van der Waals surface area contributed by atoms with Crippen molar-refractivity contribution in [2.75, 3.05) is 12.4 Å². The van der Waals surface area contributed by atoms with Crippen LogP contribution in [-0.2, 0) is 24.3 Å². The van der Waals surface area contributed by atoms with Gasteiger partial charge in [-0.3, -0.25) is 14.8 Å². The summed E-state index contributed by atoms with van der Waals surface area (Å²) in [4.78, 5) is 12.2. The molecule has 3 rings (SSSR count). The van der Waals surface area contributed by atoms with Gasteiger partial charge in [-0.05, 0) is 24.7 Å². The van der Waals surface area contributed by atoms with Crippen molar-refractivity contribution in [2.45, 2.75) is 44.7 Å². The molecule has 1 aromatic carbocycles. The topological polar surface area (TPSA) is 132 Å². The minimum atomic E-state index is -4.83. The first-order valence-corrected chi connectivity index (χ1v) is 10.1. The number of halogens is 4. The second-order valence-electron chi connectivity index (χ2n) is 7.23. The van der Waals surface area contributed by atoms with E-state index in [1.807, 2.05) is 0 Å². The van der Waals surface area contributed by atoms with E-state index in [0.29, 0.717) is 11.3 Å². The van der Waals surface area contributed by atoms with Gasteiger partial charge in [0.15, 0.2) is 12.0 Å². The molecule has 3 aromatic rings. The fraction of sp³-hybridized carbons (Fsp3) is 0.421. The van der Waals surface area contributed by atoms with Gasteiger partial charge < -0.3 is 15.2 Å². The summed E-state index contributed by atoms with van der Waals surface area (Å²) < 4.78 is 57.8. The normalized spacial score (nSPS) is 13.5. The predicted octanol–water partition coefficient (Wildman–Crippen LogP) is 1.59. The molecule has 2 atom stereocenters. The summed E-state index contributed by atoms with van der Waals surface area (Å²) in [6.07, 6.45) is -4.39. The van der Waals surface area contributed by atoms with Crippen LogP contribution in [0.3, 0.4) is 0 Å². The van der Waals surface area contributed by atoms with Gasteiger partial charge in [-0.15, -0.1) is 23.4 Å². The van der Waals surface area contributed by atoms with Crippen LogP contribution in [0.15, 0.2) is 36.7 Å². The van der Waals surface area contributed by atoms with E-state index in [2.05, 4.69) is 36.0 Å². The number of carbonyl (C=O) groups excluding carboxylic acids is 1. The van der Waals surface area contributed by atoms with E-state index in [4.69, 9.17) is 0 Å². The number of nitrogens with one attached hydrogen (secondary N) is 2. The molecular weight excluding hydrogens is 464 g/mol. The highest BCUT2D eigenvalue weighted by atomic mass is 19.4. The third-order valence-electron chi connectivity index (χ3n) is 4.47. The quantitative estimate of drug-likeness (QED) is 0.275. The van der Waals surface area contributed by atoms with Crippen LogP contribution in [0.1, 0.15) is 23.9 Å². The Bertz CT molecular complexity index is 1090. The number of aliphatic hydroxyl groups excluding tert-OH is 1. The van der Waals surface area contributed by atoms with Crippen molar-refractivity contribution in [3.63, 3.8) is 0 Å². The number of hydrogen-bond donors (Lipinski definition) is 3. The molecule has 15 heteroatoms. The number of amides is 1. The number of anilines is 1. The number of carbonyl (C=O) groups is 1. The summed E-state index contributed by atoms with van der Waals surface area (Å²) in [7, 11) is 1.56. The molecule has 2 unspecified atom stereocenters. The number of aliphatic hydroxyl groups is 1. The fourth-order valence-corrected chi connectivity index (χ4v) is 2.93. The highest BCUT2D eigenvalue weighted by Gasteiger charge is 2.31. The number of benzene rings is 1. The van der Waals surface area contributed by atoms with E-state index in [1.165, 1.54) is 33.9 Å². The maximum absolute atomic E-state index is 14.3. The molecule has 1 amide bonds. The Kier molecular flexibility index (Phi) is 8.12. The smallest absolute Gasteiger partial charge is 0.406 e. The second-order valence-corrected chi connectivity index (χ2v) is 7.23. The second kappa shape index (κ2) is 11.0. The van der Waals surface area contributed by atoms with E-state index in [-0.39, 0.29) is 31.7 Å². The molecule has 3 N–H and O–H groups in total. The Morgan fingerprint density at radius 3 is 2.71 bits per heavy atom. The number of ether oxygens (including phenoxy) is 1. The molecule has 184 valence electrons. The first kappa shape index (κ1) is 25.0. The van der Waals surface area contributed by atoms with Gasteiger partial charge >= 0.3 is 6.36 Å². The lowest BCUT2D eigenvalue weighted by Gasteiger charge is -2.09. The van der Waals surface area contributed by atoms with Gasteiger partial charge in [0.1, 0.15) is 17.6 Å². The molecule has 2 heterocycles. The van der Waals surface area contributed by atoms with Gasteiger partial charge in [-0.2, -0.15) is 0 Å². The first-order chi connectivity index (χ1) is 16.1. The third kappa shape index (κ3) is 7.77. The zero-order valence-electron chi connectivity index (χ0n) is 17.9. The van der Waals surface area contributed by atoms with Gasteiger partial charge in [-0.25, -0.2) is 9.07 Å². The largest absolute Gasteiger partial charge is 0.573 e. The molecule has 0 saturated heterocycles. The summed E-state index contributed by atoms with van der Waals surface area (Å²) in [5, 5.41) is 29.8. The van der Waals surface area contributed by atoms with Crippen molar-refractivity contribution < 1.29 is 32.2 Å². The Hall–Kier alpha value is -3.59. The lowest BCUT2D eigenvalue weighted by molar-refractivity contribution is -0.274. The van der Waals surface area contributed by atoms with Gasteiger partial charge in [0.2, 0.25) is 5.91 Å². The van der Waals surface area contributed by atoms with E-state index in [1.54, 1.807) is 7.05 Å². The van der Waals surface area contributed by atoms with E-state index >= 15 is 0 Å². The average molecular weight is 486 g/mol. The molecule has 34 heavy (non-hydrogen) atoms. The summed E-state index contributed by atoms with van der Waals surface area (Å²) in [5.74, 6) is -0.904. The Labute approximate surface area is 190 Å². The Balaban J connectivity index is 1.46. The van der Waals surface area contributed by atoms with Crippen molar-refractivity contribution in [1.82, 2.24) is 35.3 Å². The maximum Gasteiger partial charge on any atom is 0.573 e. The Morgan fingerprint density at radius 2 is 1.97 bits per heavy atom. The SMILES string of the molecule is CNC(O)c1cn(CCC(F)Cn2cc(NC(=O)Cc3cccc(OC(F)(F)F)c3)nn2)nn1. The number of nitrogens with zero attached hydrogens (tertiary/aromatic N) is 6. The number of rotatable bonds is 11. The van der Waals surface area contributed by atoms with Crippen LogP contribution in [0.5, 0.6) is 5.75 Å². The van der Waals surface area contributed by atoms with Crippen LogP contribution >= 0.6 is 0 Å². The maximum atomic E-state index is 14.3. The molecule has 0 bridgehead atoms. The first-order valence-electron chi connectivity index (χ1n) is 10.1. The summed E-state index contributed by atoms with van der Waals surface area (Å²) in [5.41, 5.74) is 0.614. The van der Waals surface area contributed by atoms with Crippen molar-refractivity contribution >= 4 is 11.7 Å². The molecule has 0 aliphatic carbocycles. The highest BCUT2D eigenvalue weighted by Crippen LogP contribution is 2.23.